The van der Waals surface area contributed by atoms with Gasteiger partial charge in [0.2, 0.25) is 0 Å². The van der Waals surface area contributed by atoms with E-state index >= 15 is 0 Å². The van der Waals surface area contributed by atoms with Crippen molar-refractivity contribution in [2.24, 2.45) is 0 Å². The minimum absolute atomic E-state index is 0.0327. The van der Waals surface area contributed by atoms with E-state index in [9.17, 15) is 0 Å². The van der Waals surface area contributed by atoms with Gasteiger partial charge in [0.1, 0.15) is 12.5 Å². The molecule has 4 heteroatoms. The standard InChI is InChI=1S/C10H20N2O.C3H9N/c1-5-7-11-9(3)13-10(4)12-8-6-2;1-4(2)3/h5-6,9-12H,1-2,7-8H2,3-4H3;1-3H3. The number of ether oxygens (including phenoxy) is 1. The van der Waals surface area contributed by atoms with Crippen LogP contribution in [0.2, 0.25) is 0 Å². The normalized spacial score (nSPS) is 13.5. The maximum Gasteiger partial charge on any atom is 0.107 e. The Morgan fingerprint density at radius 3 is 1.53 bits per heavy atom. The van der Waals surface area contributed by atoms with Gasteiger partial charge in [-0.2, -0.15) is 0 Å². The van der Waals surface area contributed by atoms with Gasteiger partial charge < -0.3 is 9.64 Å². The van der Waals surface area contributed by atoms with E-state index in [-0.39, 0.29) is 12.5 Å². The lowest BCUT2D eigenvalue weighted by Gasteiger charge is -2.20. The van der Waals surface area contributed by atoms with Crippen molar-refractivity contribution < 1.29 is 4.74 Å². The summed E-state index contributed by atoms with van der Waals surface area (Å²) in [6, 6.07) is 0. The fourth-order valence-electron chi connectivity index (χ4n) is 0.901. The van der Waals surface area contributed by atoms with E-state index in [1.54, 1.807) is 0 Å². The lowest BCUT2D eigenvalue weighted by molar-refractivity contribution is -0.0233. The van der Waals surface area contributed by atoms with E-state index in [1.807, 2.05) is 52.0 Å². The minimum atomic E-state index is 0.0327. The Labute approximate surface area is 107 Å². The van der Waals surface area contributed by atoms with Gasteiger partial charge in [0.05, 0.1) is 0 Å². The predicted molar refractivity (Wildman–Crippen MR) is 76.0 cm³/mol. The van der Waals surface area contributed by atoms with Crippen LogP contribution in [-0.2, 0) is 4.74 Å². The average molecular weight is 243 g/mol. The number of nitrogens with one attached hydrogen (secondary N) is 2. The third kappa shape index (κ3) is 21.2. The topological polar surface area (TPSA) is 36.5 Å². The van der Waals surface area contributed by atoms with Gasteiger partial charge in [0.15, 0.2) is 0 Å². The maximum atomic E-state index is 5.54. The summed E-state index contributed by atoms with van der Waals surface area (Å²) in [6.45, 7) is 12.7. The van der Waals surface area contributed by atoms with Crippen LogP contribution < -0.4 is 10.6 Å². The number of rotatable bonds is 8. The average Bonchev–Trinajstić information content (AvgIpc) is 2.22. The van der Waals surface area contributed by atoms with Crippen molar-refractivity contribution in [1.82, 2.24) is 15.5 Å². The molecule has 2 unspecified atom stereocenters. The first-order valence-corrected chi connectivity index (χ1v) is 5.89. The van der Waals surface area contributed by atoms with E-state index in [0.717, 1.165) is 13.1 Å². The highest BCUT2D eigenvalue weighted by Crippen LogP contribution is 1.91. The quantitative estimate of drug-likeness (QED) is 0.499. The van der Waals surface area contributed by atoms with Gasteiger partial charge in [0.25, 0.3) is 0 Å². The van der Waals surface area contributed by atoms with E-state index in [1.165, 1.54) is 0 Å². The Balaban J connectivity index is 0. The van der Waals surface area contributed by atoms with Gasteiger partial charge in [0, 0.05) is 13.1 Å². The van der Waals surface area contributed by atoms with Crippen LogP contribution in [0.25, 0.3) is 0 Å². The van der Waals surface area contributed by atoms with Gasteiger partial charge in [-0.15, -0.1) is 13.2 Å². The smallest absolute Gasteiger partial charge is 0.107 e. The van der Waals surface area contributed by atoms with Crippen LogP contribution in [0.1, 0.15) is 13.8 Å². The second-order valence-corrected chi connectivity index (χ2v) is 4.16. The molecule has 2 atom stereocenters. The molecule has 0 aliphatic heterocycles. The predicted octanol–water partition coefficient (Wildman–Crippen LogP) is 1.42. The van der Waals surface area contributed by atoms with E-state index in [4.69, 9.17) is 4.74 Å². The zero-order chi connectivity index (χ0) is 13.7. The van der Waals surface area contributed by atoms with E-state index in [0.29, 0.717) is 0 Å². The highest BCUT2D eigenvalue weighted by molar-refractivity contribution is 4.72. The lowest BCUT2D eigenvalue weighted by Crippen LogP contribution is -2.38. The monoisotopic (exact) mass is 243 g/mol. The molecular formula is C13H29N3O. The number of nitrogens with zero attached hydrogens (tertiary/aromatic N) is 1. The highest BCUT2D eigenvalue weighted by atomic mass is 16.5. The first-order chi connectivity index (χ1) is 7.93. The summed E-state index contributed by atoms with van der Waals surface area (Å²) in [7, 11) is 6.00. The van der Waals surface area contributed by atoms with Crippen LogP contribution in [0.5, 0.6) is 0 Å². The van der Waals surface area contributed by atoms with Gasteiger partial charge in [-0.3, -0.25) is 10.6 Å². The van der Waals surface area contributed by atoms with Crippen molar-refractivity contribution >= 4 is 0 Å². The molecule has 0 aromatic carbocycles. The number of hydrogen-bond acceptors (Lipinski definition) is 4. The Kier molecular flexibility index (Phi) is 14.7. The van der Waals surface area contributed by atoms with E-state index in [2.05, 4.69) is 23.8 Å². The molecule has 0 fully saturated rings. The molecular weight excluding hydrogens is 214 g/mol. The molecule has 0 amide bonds. The third-order valence-corrected chi connectivity index (χ3v) is 1.51. The van der Waals surface area contributed by atoms with Crippen LogP contribution in [0.4, 0.5) is 0 Å². The van der Waals surface area contributed by atoms with Crippen molar-refractivity contribution in [3.8, 4) is 0 Å². The maximum absolute atomic E-state index is 5.54. The van der Waals surface area contributed by atoms with Crippen LogP contribution in [0, 0.1) is 0 Å². The summed E-state index contributed by atoms with van der Waals surface area (Å²) in [6.07, 6.45) is 3.68. The Hall–Kier alpha value is -0.680. The minimum Gasteiger partial charge on any atom is -0.346 e. The molecule has 0 aliphatic rings. The summed E-state index contributed by atoms with van der Waals surface area (Å²) in [5.41, 5.74) is 0. The SMILES string of the molecule is C=CCNC(C)OC(C)NCC=C.CN(C)C. The van der Waals surface area contributed by atoms with Crippen LogP contribution in [0.3, 0.4) is 0 Å². The van der Waals surface area contributed by atoms with Crippen LogP contribution in [0.15, 0.2) is 25.3 Å². The largest absolute Gasteiger partial charge is 0.346 e. The van der Waals surface area contributed by atoms with Gasteiger partial charge >= 0.3 is 0 Å². The Bertz CT molecular complexity index is 165. The molecule has 102 valence electrons. The molecule has 17 heavy (non-hydrogen) atoms. The molecule has 4 nitrogen and oxygen atoms in total. The van der Waals surface area contributed by atoms with Gasteiger partial charge in [-0.05, 0) is 35.0 Å². The van der Waals surface area contributed by atoms with Crippen molar-refractivity contribution in [2.75, 3.05) is 34.2 Å². The van der Waals surface area contributed by atoms with Crippen molar-refractivity contribution in [1.29, 1.82) is 0 Å². The molecule has 0 aliphatic carbocycles. The van der Waals surface area contributed by atoms with E-state index < -0.39 is 0 Å². The molecule has 0 rings (SSSR count). The molecule has 0 spiro atoms. The van der Waals surface area contributed by atoms with Gasteiger partial charge in [-0.25, -0.2) is 0 Å². The molecule has 0 aromatic rings. The molecule has 0 aromatic heterocycles. The Morgan fingerprint density at radius 2 is 1.29 bits per heavy atom. The molecule has 0 saturated carbocycles. The molecule has 0 bridgehead atoms. The summed E-state index contributed by atoms with van der Waals surface area (Å²) >= 11 is 0. The second kappa shape index (κ2) is 13.4. The summed E-state index contributed by atoms with van der Waals surface area (Å²) in [5.74, 6) is 0. The molecule has 2 N–H and O–H groups in total. The van der Waals surface area contributed by atoms with Crippen molar-refractivity contribution in [3.05, 3.63) is 25.3 Å². The number of hydrogen-bond donors (Lipinski definition) is 2. The van der Waals surface area contributed by atoms with Crippen LogP contribution >= 0.6 is 0 Å². The molecule has 0 heterocycles. The third-order valence-electron chi connectivity index (χ3n) is 1.51. The summed E-state index contributed by atoms with van der Waals surface area (Å²) < 4.78 is 5.54. The van der Waals surface area contributed by atoms with Crippen molar-refractivity contribution in [2.45, 2.75) is 26.3 Å². The van der Waals surface area contributed by atoms with Gasteiger partial charge in [-0.1, -0.05) is 12.2 Å². The fraction of sp³-hybridized carbons (Fsp3) is 0.692. The first-order valence-electron chi connectivity index (χ1n) is 5.89. The lowest BCUT2D eigenvalue weighted by atomic mass is 10.5. The van der Waals surface area contributed by atoms with Crippen LogP contribution in [-0.4, -0.2) is 51.6 Å². The highest BCUT2D eigenvalue weighted by Gasteiger charge is 2.04. The Morgan fingerprint density at radius 1 is 1.00 bits per heavy atom. The second-order valence-electron chi connectivity index (χ2n) is 4.16. The zero-order valence-corrected chi connectivity index (χ0v) is 12.0. The molecule has 0 saturated heterocycles. The summed E-state index contributed by atoms with van der Waals surface area (Å²) in [4.78, 5) is 2.00. The first kappa shape index (κ1) is 18.7. The zero-order valence-electron chi connectivity index (χ0n) is 12.0. The molecule has 0 radical (unpaired) electrons. The summed E-state index contributed by atoms with van der Waals surface area (Å²) in [5, 5.41) is 6.27. The fourth-order valence-corrected chi connectivity index (χ4v) is 0.901. The van der Waals surface area contributed by atoms with Crippen molar-refractivity contribution in [3.63, 3.8) is 0 Å².